The summed E-state index contributed by atoms with van der Waals surface area (Å²) < 4.78 is 10.0. The Morgan fingerprint density at radius 3 is 2.65 bits per heavy atom. The predicted molar refractivity (Wildman–Crippen MR) is 65.7 cm³/mol. The third kappa shape index (κ3) is 4.54. The van der Waals surface area contributed by atoms with Crippen molar-refractivity contribution in [3.8, 4) is 0 Å². The molecule has 0 spiro atoms. The highest BCUT2D eigenvalue weighted by Gasteiger charge is 2.19. The van der Waals surface area contributed by atoms with E-state index in [1.54, 1.807) is 0 Å². The zero-order valence-corrected chi connectivity index (χ0v) is 10.3. The van der Waals surface area contributed by atoms with Crippen LogP contribution < -0.4 is 5.32 Å². The standard InChI is InChI=1S/C13H19NO3/c1-3-17-10-9-14-12(13(15)16-2)11-7-5-4-6-8-11/h4-8,12,14H,3,9-10H2,1-2H3. The summed E-state index contributed by atoms with van der Waals surface area (Å²) in [6.07, 6.45) is 0. The molecule has 4 heteroatoms. The van der Waals surface area contributed by atoms with Gasteiger partial charge in [-0.25, -0.2) is 4.79 Å². The smallest absolute Gasteiger partial charge is 0.327 e. The lowest BCUT2D eigenvalue weighted by Gasteiger charge is -2.16. The molecule has 0 aliphatic carbocycles. The minimum absolute atomic E-state index is 0.285. The lowest BCUT2D eigenvalue weighted by atomic mass is 10.1. The summed E-state index contributed by atoms with van der Waals surface area (Å²) in [4.78, 5) is 11.7. The number of carbonyl (C=O) groups is 1. The average Bonchev–Trinajstić information content (AvgIpc) is 2.39. The summed E-state index contributed by atoms with van der Waals surface area (Å²) in [5.41, 5.74) is 0.899. The molecule has 1 N–H and O–H groups in total. The Morgan fingerprint density at radius 1 is 1.35 bits per heavy atom. The fourth-order valence-electron chi connectivity index (χ4n) is 1.52. The van der Waals surface area contributed by atoms with Gasteiger partial charge >= 0.3 is 5.97 Å². The molecule has 1 atom stereocenters. The molecule has 1 aromatic rings. The highest BCUT2D eigenvalue weighted by molar-refractivity contribution is 5.77. The molecule has 0 saturated carbocycles. The van der Waals surface area contributed by atoms with Crippen molar-refractivity contribution in [1.82, 2.24) is 5.32 Å². The SMILES string of the molecule is CCOCCNC(C(=O)OC)c1ccccc1. The van der Waals surface area contributed by atoms with Crippen LogP contribution in [0.25, 0.3) is 0 Å². The minimum Gasteiger partial charge on any atom is -0.468 e. The van der Waals surface area contributed by atoms with E-state index in [9.17, 15) is 4.79 Å². The summed E-state index contributed by atoms with van der Waals surface area (Å²) in [5, 5.41) is 3.12. The number of methoxy groups -OCH3 is 1. The van der Waals surface area contributed by atoms with Crippen molar-refractivity contribution in [3.63, 3.8) is 0 Å². The first-order valence-corrected chi connectivity index (χ1v) is 5.73. The summed E-state index contributed by atoms with van der Waals surface area (Å²) in [5.74, 6) is -0.285. The first-order valence-electron chi connectivity index (χ1n) is 5.73. The van der Waals surface area contributed by atoms with Crippen molar-refractivity contribution in [2.24, 2.45) is 0 Å². The predicted octanol–water partition coefficient (Wildman–Crippen LogP) is 1.53. The normalized spacial score (nSPS) is 12.1. The van der Waals surface area contributed by atoms with Gasteiger partial charge in [0.15, 0.2) is 0 Å². The van der Waals surface area contributed by atoms with E-state index >= 15 is 0 Å². The molecule has 1 rings (SSSR count). The van der Waals surface area contributed by atoms with Gasteiger partial charge in [-0.15, -0.1) is 0 Å². The molecule has 0 saturated heterocycles. The van der Waals surface area contributed by atoms with Crippen LogP contribution in [0.4, 0.5) is 0 Å². The van der Waals surface area contributed by atoms with Gasteiger partial charge in [0.2, 0.25) is 0 Å². The van der Waals surface area contributed by atoms with Gasteiger partial charge in [-0.3, -0.25) is 5.32 Å². The largest absolute Gasteiger partial charge is 0.468 e. The van der Waals surface area contributed by atoms with Crippen LogP contribution in [0.1, 0.15) is 18.5 Å². The molecule has 1 aromatic carbocycles. The third-order valence-electron chi connectivity index (χ3n) is 2.37. The van der Waals surface area contributed by atoms with Crippen LogP contribution in [0, 0.1) is 0 Å². The quantitative estimate of drug-likeness (QED) is 0.577. The molecule has 94 valence electrons. The molecular formula is C13H19NO3. The second-order valence-corrected chi connectivity index (χ2v) is 3.52. The molecule has 0 fully saturated rings. The Labute approximate surface area is 102 Å². The van der Waals surface area contributed by atoms with E-state index in [-0.39, 0.29) is 5.97 Å². The van der Waals surface area contributed by atoms with Gasteiger partial charge in [-0.2, -0.15) is 0 Å². The molecule has 0 aliphatic heterocycles. The number of nitrogens with one attached hydrogen (secondary N) is 1. The highest BCUT2D eigenvalue weighted by Crippen LogP contribution is 2.13. The Morgan fingerprint density at radius 2 is 2.06 bits per heavy atom. The fraction of sp³-hybridized carbons (Fsp3) is 0.462. The van der Waals surface area contributed by atoms with Crippen LogP contribution >= 0.6 is 0 Å². The number of ether oxygens (including phenoxy) is 2. The Kier molecular flexibility index (Phi) is 6.29. The van der Waals surface area contributed by atoms with Gasteiger partial charge in [-0.1, -0.05) is 30.3 Å². The molecular weight excluding hydrogens is 218 g/mol. The summed E-state index contributed by atoms with van der Waals surface area (Å²) in [7, 11) is 1.39. The molecule has 0 heterocycles. The first-order chi connectivity index (χ1) is 8.29. The summed E-state index contributed by atoms with van der Waals surface area (Å²) >= 11 is 0. The van der Waals surface area contributed by atoms with Crippen molar-refractivity contribution < 1.29 is 14.3 Å². The van der Waals surface area contributed by atoms with Crippen LogP contribution in [-0.4, -0.2) is 32.8 Å². The van der Waals surface area contributed by atoms with E-state index in [0.717, 1.165) is 5.56 Å². The van der Waals surface area contributed by atoms with Crippen molar-refractivity contribution in [3.05, 3.63) is 35.9 Å². The highest BCUT2D eigenvalue weighted by atomic mass is 16.5. The average molecular weight is 237 g/mol. The van der Waals surface area contributed by atoms with E-state index in [0.29, 0.717) is 19.8 Å². The molecule has 1 unspecified atom stereocenters. The Balaban J connectivity index is 2.59. The number of benzene rings is 1. The number of esters is 1. The first kappa shape index (κ1) is 13.7. The van der Waals surface area contributed by atoms with Gasteiger partial charge in [0.1, 0.15) is 6.04 Å². The third-order valence-corrected chi connectivity index (χ3v) is 2.37. The van der Waals surface area contributed by atoms with E-state index < -0.39 is 6.04 Å². The number of hydrogen-bond acceptors (Lipinski definition) is 4. The Bertz CT molecular complexity index is 327. The molecule has 0 radical (unpaired) electrons. The summed E-state index contributed by atoms with van der Waals surface area (Å²) in [6.45, 7) is 3.81. The second kappa shape index (κ2) is 7.81. The number of carbonyl (C=O) groups excluding carboxylic acids is 1. The van der Waals surface area contributed by atoms with Gasteiger partial charge in [0, 0.05) is 13.2 Å². The van der Waals surface area contributed by atoms with Gasteiger partial charge in [-0.05, 0) is 12.5 Å². The maximum Gasteiger partial charge on any atom is 0.327 e. The van der Waals surface area contributed by atoms with E-state index in [1.165, 1.54) is 7.11 Å². The molecule has 0 aliphatic rings. The van der Waals surface area contributed by atoms with Crippen molar-refractivity contribution in [2.75, 3.05) is 26.9 Å². The van der Waals surface area contributed by atoms with Crippen LogP contribution in [0.5, 0.6) is 0 Å². The lowest BCUT2D eigenvalue weighted by Crippen LogP contribution is -2.32. The molecule has 0 aromatic heterocycles. The summed E-state index contributed by atoms with van der Waals surface area (Å²) in [6, 6.07) is 9.08. The number of rotatable bonds is 7. The topological polar surface area (TPSA) is 47.6 Å². The Hall–Kier alpha value is -1.39. The maximum absolute atomic E-state index is 11.7. The minimum atomic E-state index is -0.429. The number of hydrogen-bond donors (Lipinski definition) is 1. The zero-order valence-electron chi connectivity index (χ0n) is 10.3. The van der Waals surface area contributed by atoms with Gasteiger partial charge in [0.05, 0.1) is 13.7 Å². The monoisotopic (exact) mass is 237 g/mol. The van der Waals surface area contributed by atoms with E-state index in [2.05, 4.69) is 5.32 Å². The fourth-order valence-corrected chi connectivity index (χ4v) is 1.52. The van der Waals surface area contributed by atoms with Crippen molar-refractivity contribution in [1.29, 1.82) is 0 Å². The van der Waals surface area contributed by atoms with Crippen molar-refractivity contribution >= 4 is 5.97 Å². The second-order valence-electron chi connectivity index (χ2n) is 3.52. The van der Waals surface area contributed by atoms with Gasteiger partial charge in [0.25, 0.3) is 0 Å². The van der Waals surface area contributed by atoms with Gasteiger partial charge < -0.3 is 9.47 Å². The lowest BCUT2D eigenvalue weighted by molar-refractivity contribution is -0.143. The maximum atomic E-state index is 11.7. The van der Waals surface area contributed by atoms with E-state index in [4.69, 9.17) is 9.47 Å². The van der Waals surface area contributed by atoms with E-state index in [1.807, 2.05) is 37.3 Å². The van der Waals surface area contributed by atoms with Crippen molar-refractivity contribution in [2.45, 2.75) is 13.0 Å². The van der Waals surface area contributed by atoms with Crippen LogP contribution in [0.3, 0.4) is 0 Å². The van der Waals surface area contributed by atoms with Crippen LogP contribution in [-0.2, 0) is 14.3 Å². The molecule has 0 amide bonds. The molecule has 0 bridgehead atoms. The molecule has 4 nitrogen and oxygen atoms in total. The zero-order chi connectivity index (χ0) is 12.5. The van der Waals surface area contributed by atoms with Crippen LogP contribution in [0.2, 0.25) is 0 Å². The molecule has 17 heavy (non-hydrogen) atoms. The van der Waals surface area contributed by atoms with Crippen LogP contribution in [0.15, 0.2) is 30.3 Å².